The van der Waals surface area contributed by atoms with E-state index >= 15 is 0 Å². The van der Waals surface area contributed by atoms with Crippen molar-refractivity contribution < 1.29 is 0 Å². The van der Waals surface area contributed by atoms with Crippen LogP contribution in [-0.4, -0.2) is 46.5 Å². The van der Waals surface area contributed by atoms with Crippen molar-refractivity contribution in [2.75, 3.05) is 31.1 Å². The molecule has 1 aliphatic rings. The highest BCUT2D eigenvalue weighted by atomic mass is 32.1. The van der Waals surface area contributed by atoms with Gasteiger partial charge < -0.3 is 4.90 Å². The van der Waals surface area contributed by atoms with Crippen molar-refractivity contribution in [1.29, 1.82) is 5.26 Å². The zero-order valence-corrected chi connectivity index (χ0v) is 12.9. The molecule has 1 aliphatic heterocycles. The maximum atomic E-state index is 8.94. The summed E-state index contributed by atoms with van der Waals surface area (Å²) in [6.45, 7) is 12.0. The fourth-order valence-electron chi connectivity index (χ4n) is 2.03. The Bertz CT molecular complexity index is 462. The van der Waals surface area contributed by atoms with E-state index in [2.05, 4.69) is 46.0 Å². The van der Waals surface area contributed by atoms with E-state index in [0.717, 1.165) is 37.1 Å². The van der Waals surface area contributed by atoms with Crippen molar-refractivity contribution >= 4 is 16.7 Å². The maximum absolute atomic E-state index is 8.94. The molecule has 1 aromatic heterocycles. The van der Waals surface area contributed by atoms with Gasteiger partial charge in [-0.05, 0) is 6.92 Å². The average molecular weight is 279 g/mol. The molecule has 0 aromatic carbocycles. The number of anilines is 1. The van der Waals surface area contributed by atoms with Crippen LogP contribution in [0.25, 0.3) is 0 Å². The highest BCUT2D eigenvalue weighted by Crippen LogP contribution is 2.26. The Balaban J connectivity index is 1.99. The third-order valence-corrected chi connectivity index (χ3v) is 4.18. The van der Waals surface area contributed by atoms with Gasteiger partial charge in [-0.2, -0.15) is 9.64 Å². The molecule has 0 bridgehead atoms. The summed E-state index contributed by atoms with van der Waals surface area (Å²) in [6.07, 6.45) is 0. The molecule has 5 nitrogen and oxygen atoms in total. The van der Waals surface area contributed by atoms with Crippen molar-refractivity contribution in [3.63, 3.8) is 0 Å². The lowest BCUT2D eigenvalue weighted by molar-refractivity contribution is 0.231. The number of nitriles is 1. The molecule has 2 heterocycles. The topological polar surface area (TPSA) is 56.1 Å². The van der Waals surface area contributed by atoms with Gasteiger partial charge in [0, 0.05) is 43.1 Å². The number of rotatable bonds is 2. The Labute approximate surface area is 119 Å². The number of hydrogen-bond donors (Lipinski definition) is 0. The molecular weight excluding hydrogens is 258 g/mol. The van der Waals surface area contributed by atoms with Gasteiger partial charge in [-0.25, -0.2) is 4.98 Å². The highest BCUT2D eigenvalue weighted by Gasteiger charge is 2.25. The van der Waals surface area contributed by atoms with Crippen molar-refractivity contribution in [2.24, 2.45) is 0 Å². The van der Waals surface area contributed by atoms with E-state index in [0.29, 0.717) is 0 Å². The zero-order chi connectivity index (χ0) is 14.0. The van der Waals surface area contributed by atoms with Crippen LogP contribution in [0.4, 0.5) is 5.13 Å². The molecule has 19 heavy (non-hydrogen) atoms. The quantitative estimate of drug-likeness (QED) is 0.827. The Morgan fingerprint density at radius 2 is 1.89 bits per heavy atom. The molecule has 0 radical (unpaired) electrons. The molecule has 6 heteroatoms. The van der Waals surface area contributed by atoms with Crippen LogP contribution in [0, 0.1) is 11.3 Å². The second kappa shape index (κ2) is 5.43. The fourth-order valence-corrected chi connectivity index (χ4v) is 2.94. The van der Waals surface area contributed by atoms with Crippen molar-refractivity contribution in [1.82, 2.24) is 14.3 Å². The van der Waals surface area contributed by atoms with Gasteiger partial charge in [-0.3, -0.25) is 4.90 Å². The minimum atomic E-state index is 0.00158. The van der Waals surface area contributed by atoms with E-state index in [1.807, 2.05) is 6.92 Å². The van der Waals surface area contributed by atoms with Crippen LogP contribution in [0.15, 0.2) is 0 Å². The Hall–Kier alpha value is -1.19. The van der Waals surface area contributed by atoms with Gasteiger partial charge in [-0.1, -0.05) is 20.8 Å². The lowest BCUT2D eigenvalue weighted by Crippen LogP contribution is -2.49. The predicted molar refractivity (Wildman–Crippen MR) is 77.5 cm³/mol. The molecule has 2 rings (SSSR count). The number of nitrogens with zero attached hydrogens (tertiary/aromatic N) is 5. The highest BCUT2D eigenvalue weighted by molar-refractivity contribution is 7.09. The van der Waals surface area contributed by atoms with Crippen LogP contribution in [-0.2, 0) is 5.41 Å². The van der Waals surface area contributed by atoms with E-state index in [-0.39, 0.29) is 11.5 Å². The molecule has 1 fully saturated rings. The summed E-state index contributed by atoms with van der Waals surface area (Å²) < 4.78 is 4.46. The number of piperazine rings is 1. The molecule has 1 aromatic rings. The van der Waals surface area contributed by atoms with E-state index in [1.165, 1.54) is 11.5 Å². The van der Waals surface area contributed by atoms with Gasteiger partial charge in [0.05, 0.1) is 12.1 Å². The minimum absolute atomic E-state index is 0.00158. The van der Waals surface area contributed by atoms with Gasteiger partial charge in [-0.15, -0.1) is 0 Å². The minimum Gasteiger partial charge on any atom is -0.344 e. The number of aromatic nitrogens is 2. The first-order chi connectivity index (χ1) is 8.91. The normalized spacial score (nSPS) is 19.2. The molecule has 0 N–H and O–H groups in total. The summed E-state index contributed by atoms with van der Waals surface area (Å²) in [6, 6.07) is 2.30. The van der Waals surface area contributed by atoms with Crippen LogP contribution >= 0.6 is 11.5 Å². The van der Waals surface area contributed by atoms with E-state index in [1.54, 1.807) is 0 Å². The molecule has 104 valence electrons. The van der Waals surface area contributed by atoms with Crippen LogP contribution in [0.3, 0.4) is 0 Å². The second-order valence-electron chi connectivity index (χ2n) is 5.98. The van der Waals surface area contributed by atoms with Gasteiger partial charge in [0.15, 0.2) is 0 Å². The van der Waals surface area contributed by atoms with Crippen molar-refractivity contribution in [3.05, 3.63) is 5.82 Å². The summed E-state index contributed by atoms with van der Waals surface area (Å²) >= 11 is 1.48. The SMILES string of the molecule is CC(C#N)N1CCN(c2nc(C(C)(C)C)ns2)CC1. The molecule has 1 atom stereocenters. The summed E-state index contributed by atoms with van der Waals surface area (Å²) in [5.41, 5.74) is 0.00585. The van der Waals surface area contributed by atoms with E-state index in [9.17, 15) is 0 Å². The predicted octanol–water partition coefficient (Wildman–Crippen LogP) is 1.87. The van der Waals surface area contributed by atoms with Gasteiger partial charge >= 0.3 is 0 Å². The maximum Gasteiger partial charge on any atom is 0.205 e. The molecule has 0 spiro atoms. The largest absolute Gasteiger partial charge is 0.344 e. The molecule has 0 saturated carbocycles. The van der Waals surface area contributed by atoms with E-state index < -0.39 is 0 Å². The second-order valence-corrected chi connectivity index (χ2v) is 6.71. The first kappa shape index (κ1) is 14.2. The Kier molecular flexibility index (Phi) is 4.07. The third kappa shape index (κ3) is 3.23. The molecule has 1 saturated heterocycles. The van der Waals surface area contributed by atoms with Crippen molar-refractivity contribution in [3.8, 4) is 6.07 Å². The first-order valence-electron chi connectivity index (χ1n) is 6.64. The third-order valence-electron chi connectivity index (χ3n) is 3.41. The zero-order valence-electron chi connectivity index (χ0n) is 12.1. The van der Waals surface area contributed by atoms with Crippen LogP contribution in [0.1, 0.15) is 33.5 Å². The monoisotopic (exact) mass is 279 g/mol. The fraction of sp³-hybridized carbons (Fsp3) is 0.769. The van der Waals surface area contributed by atoms with Gasteiger partial charge in [0.25, 0.3) is 0 Å². The van der Waals surface area contributed by atoms with Crippen LogP contribution < -0.4 is 4.90 Å². The molecular formula is C13H21N5S. The van der Waals surface area contributed by atoms with Gasteiger partial charge in [0.2, 0.25) is 5.13 Å². The molecule has 1 unspecified atom stereocenters. The van der Waals surface area contributed by atoms with Crippen molar-refractivity contribution in [2.45, 2.75) is 39.2 Å². The van der Waals surface area contributed by atoms with Crippen LogP contribution in [0.2, 0.25) is 0 Å². The standard InChI is InChI=1S/C13H21N5S/c1-10(9-14)17-5-7-18(8-6-17)12-15-11(16-19-12)13(2,3)4/h10H,5-8H2,1-4H3. The summed E-state index contributed by atoms with van der Waals surface area (Å²) in [7, 11) is 0. The average Bonchev–Trinajstić information content (AvgIpc) is 2.87. The summed E-state index contributed by atoms with van der Waals surface area (Å²) in [4.78, 5) is 9.13. The Morgan fingerprint density at radius 1 is 1.26 bits per heavy atom. The lowest BCUT2D eigenvalue weighted by Gasteiger charge is -2.35. The first-order valence-corrected chi connectivity index (χ1v) is 7.42. The molecule has 0 amide bonds. The lowest BCUT2D eigenvalue weighted by atomic mass is 9.96. The summed E-state index contributed by atoms with van der Waals surface area (Å²) in [5.74, 6) is 0.917. The number of hydrogen-bond acceptors (Lipinski definition) is 6. The smallest absolute Gasteiger partial charge is 0.205 e. The van der Waals surface area contributed by atoms with Crippen LogP contribution in [0.5, 0.6) is 0 Å². The Morgan fingerprint density at radius 3 is 2.37 bits per heavy atom. The van der Waals surface area contributed by atoms with E-state index in [4.69, 9.17) is 5.26 Å². The summed E-state index contributed by atoms with van der Waals surface area (Å²) in [5, 5.41) is 9.95. The molecule has 0 aliphatic carbocycles. The van der Waals surface area contributed by atoms with Gasteiger partial charge in [0.1, 0.15) is 5.82 Å².